The maximum atomic E-state index is 10.5. The third-order valence-electron chi connectivity index (χ3n) is 1.24. The minimum absolute atomic E-state index is 0.352. The molecule has 2 N–H and O–H groups in total. The smallest absolute Gasteiger partial charge is 0.324 e. The van der Waals surface area contributed by atoms with Crippen LogP contribution in [0.1, 0.15) is 32.6 Å². The van der Waals surface area contributed by atoms with E-state index in [0.29, 0.717) is 6.42 Å². The lowest BCUT2D eigenvalue weighted by molar-refractivity contribution is -0.144. The SMILES string of the molecule is CC#CCCCCC(=O)ON. The molecule has 0 aromatic carbocycles. The van der Waals surface area contributed by atoms with Crippen LogP contribution in [-0.4, -0.2) is 5.97 Å². The van der Waals surface area contributed by atoms with Gasteiger partial charge in [-0.25, -0.2) is 0 Å². The van der Waals surface area contributed by atoms with Crippen LogP contribution in [0.15, 0.2) is 0 Å². The summed E-state index contributed by atoms with van der Waals surface area (Å²) >= 11 is 0. The van der Waals surface area contributed by atoms with Crippen LogP contribution in [0.4, 0.5) is 0 Å². The van der Waals surface area contributed by atoms with Crippen LogP contribution in [0.3, 0.4) is 0 Å². The Morgan fingerprint density at radius 2 is 2.27 bits per heavy atom. The van der Waals surface area contributed by atoms with E-state index in [1.54, 1.807) is 6.92 Å². The fourth-order valence-corrected chi connectivity index (χ4v) is 0.667. The summed E-state index contributed by atoms with van der Waals surface area (Å²) in [5.74, 6) is 9.97. The van der Waals surface area contributed by atoms with Crippen molar-refractivity contribution in [2.45, 2.75) is 32.6 Å². The number of unbranched alkanes of at least 4 members (excludes halogenated alkanes) is 2. The molecule has 0 spiro atoms. The van der Waals surface area contributed by atoms with Crippen molar-refractivity contribution < 1.29 is 9.63 Å². The van der Waals surface area contributed by atoms with Gasteiger partial charge in [0.05, 0.1) is 0 Å². The van der Waals surface area contributed by atoms with Crippen LogP contribution in [-0.2, 0) is 9.63 Å². The Labute approximate surface area is 66.9 Å². The van der Waals surface area contributed by atoms with Gasteiger partial charge in [0.25, 0.3) is 0 Å². The van der Waals surface area contributed by atoms with E-state index < -0.39 is 0 Å². The highest BCUT2D eigenvalue weighted by atomic mass is 16.7. The normalized spacial score (nSPS) is 8.18. The summed E-state index contributed by atoms with van der Waals surface area (Å²) in [6.07, 6.45) is 2.96. The summed E-state index contributed by atoms with van der Waals surface area (Å²) < 4.78 is 0. The number of rotatable bonds is 4. The molecule has 0 amide bonds. The zero-order valence-electron chi connectivity index (χ0n) is 6.72. The van der Waals surface area contributed by atoms with E-state index in [4.69, 9.17) is 0 Å². The van der Waals surface area contributed by atoms with E-state index in [1.807, 2.05) is 0 Å². The van der Waals surface area contributed by atoms with Crippen LogP contribution in [0.2, 0.25) is 0 Å². The Kier molecular flexibility index (Phi) is 6.45. The number of carbonyl (C=O) groups is 1. The van der Waals surface area contributed by atoms with Gasteiger partial charge in [0.15, 0.2) is 0 Å². The van der Waals surface area contributed by atoms with Gasteiger partial charge in [-0.15, -0.1) is 11.8 Å². The molecule has 0 bridgehead atoms. The van der Waals surface area contributed by atoms with Crippen molar-refractivity contribution in [1.82, 2.24) is 0 Å². The first-order chi connectivity index (χ1) is 5.31. The monoisotopic (exact) mass is 155 g/mol. The Morgan fingerprint density at radius 1 is 1.55 bits per heavy atom. The van der Waals surface area contributed by atoms with Gasteiger partial charge in [-0.1, -0.05) is 0 Å². The Morgan fingerprint density at radius 3 is 2.82 bits per heavy atom. The predicted molar refractivity (Wildman–Crippen MR) is 42.2 cm³/mol. The van der Waals surface area contributed by atoms with Crippen LogP contribution < -0.4 is 5.90 Å². The first-order valence-corrected chi connectivity index (χ1v) is 3.60. The molecule has 0 heterocycles. The van der Waals surface area contributed by atoms with Crippen molar-refractivity contribution in [1.29, 1.82) is 0 Å². The average molecular weight is 155 g/mol. The van der Waals surface area contributed by atoms with Crippen molar-refractivity contribution in [3.63, 3.8) is 0 Å². The first kappa shape index (κ1) is 9.99. The van der Waals surface area contributed by atoms with Crippen molar-refractivity contribution in [3.05, 3.63) is 0 Å². The van der Waals surface area contributed by atoms with Crippen molar-refractivity contribution in [2.75, 3.05) is 0 Å². The molecule has 0 radical (unpaired) electrons. The topological polar surface area (TPSA) is 52.3 Å². The lowest BCUT2D eigenvalue weighted by Gasteiger charge is -1.94. The highest BCUT2D eigenvalue weighted by Crippen LogP contribution is 1.98. The van der Waals surface area contributed by atoms with Gasteiger partial charge < -0.3 is 4.84 Å². The first-order valence-electron chi connectivity index (χ1n) is 3.60. The summed E-state index contributed by atoms with van der Waals surface area (Å²) in [7, 11) is 0. The highest BCUT2D eigenvalue weighted by Gasteiger charge is 1.98. The molecule has 11 heavy (non-hydrogen) atoms. The molecule has 3 heteroatoms. The number of carbonyl (C=O) groups excluding carboxylic acids is 1. The second kappa shape index (κ2) is 7.10. The molecule has 0 aromatic heterocycles. The maximum absolute atomic E-state index is 10.5. The van der Waals surface area contributed by atoms with Gasteiger partial charge >= 0.3 is 5.97 Å². The highest BCUT2D eigenvalue weighted by molar-refractivity contribution is 5.68. The zero-order valence-corrected chi connectivity index (χ0v) is 6.72. The van der Waals surface area contributed by atoms with E-state index in [0.717, 1.165) is 19.3 Å². The van der Waals surface area contributed by atoms with Gasteiger partial charge in [0.2, 0.25) is 0 Å². The minimum atomic E-state index is -0.352. The van der Waals surface area contributed by atoms with E-state index in [1.165, 1.54) is 0 Å². The zero-order chi connectivity index (χ0) is 8.53. The predicted octanol–water partition coefficient (Wildman–Crippen LogP) is 0.987. The average Bonchev–Trinajstić information content (AvgIpc) is 2.04. The molecule has 0 rings (SSSR count). The number of nitrogens with two attached hydrogens (primary N) is 1. The molecular weight excluding hydrogens is 142 g/mol. The second-order valence-corrected chi connectivity index (χ2v) is 2.12. The third-order valence-corrected chi connectivity index (χ3v) is 1.24. The number of hydrogen-bond donors (Lipinski definition) is 1. The molecule has 62 valence electrons. The lowest BCUT2D eigenvalue weighted by Crippen LogP contribution is -2.08. The summed E-state index contributed by atoms with van der Waals surface area (Å²) in [4.78, 5) is 14.4. The van der Waals surface area contributed by atoms with Crippen LogP contribution in [0.25, 0.3) is 0 Å². The molecule has 0 atom stereocenters. The van der Waals surface area contributed by atoms with Gasteiger partial charge in [0.1, 0.15) is 0 Å². The second-order valence-electron chi connectivity index (χ2n) is 2.12. The molecule has 0 aromatic rings. The molecule has 0 unspecified atom stereocenters. The Hall–Kier alpha value is -1.01. The van der Waals surface area contributed by atoms with E-state index in [9.17, 15) is 4.79 Å². The van der Waals surface area contributed by atoms with Crippen LogP contribution in [0.5, 0.6) is 0 Å². The van der Waals surface area contributed by atoms with E-state index in [2.05, 4.69) is 22.6 Å². The van der Waals surface area contributed by atoms with Crippen molar-refractivity contribution in [3.8, 4) is 11.8 Å². The minimum Gasteiger partial charge on any atom is -0.373 e. The van der Waals surface area contributed by atoms with Gasteiger partial charge in [-0.05, 0) is 19.8 Å². The molecule has 3 nitrogen and oxygen atoms in total. The molecule has 0 aliphatic carbocycles. The van der Waals surface area contributed by atoms with Gasteiger partial charge in [0, 0.05) is 12.8 Å². The fourth-order valence-electron chi connectivity index (χ4n) is 0.667. The quantitative estimate of drug-likeness (QED) is 0.374. The Balaban J connectivity index is 3.12. The standard InChI is InChI=1S/C8H13NO2/c1-2-3-4-5-6-7-8(10)11-9/h4-7,9H2,1H3. The summed E-state index contributed by atoms with van der Waals surface area (Å²) in [6, 6.07) is 0. The van der Waals surface area contributed by atoms with Gasteiger partial charge in [-0.3, -0.25) is 4.79 Å². The van der Waals surface area contributed by atoms with Crippen LogP contribution in [0, 0.1) is 11.8 Å². The van der Waals surface area contributed by atoms with E-state index in [-0.39, 0.29) is 5.97 Å². The number of hydrogen-bond acceptors (Lipinski definition) is 3. The largest absolute Gasteiger partial charge is 0.373 e. The summed E-state index contributed by atoms with van der Waals surface area (Å²) in [6.45, 7) is 1.80. The van der Waals surface area contributed by atoms with Crippen molar-refractivity contribution in [2.24, 2.45) is 5.90 Å². The molecule has 0 aliphatic heterocycles. The summed E-state index contributed by atoms with van der Waals surface area (Å²) in [5.41, 5.74) is 0. The molecule has 0 aliphatic rings. The van der Waals surface area contributed by atoms with E-state index >= 15 is 0 Å². The van der Waals surface area contributed by atoms with Crippen molar-refractivity contribution >= 4 is 5.97 Å². The maximum Gasteiger partial charge on any atom is 0.324 e. The molecule has 0 saturated heterocycles. The lowest BCUT2D eigenvalue weighted by atomic mass is 10.2. The van der Waals surface area contributed by atoms with Crippen LogP contribution >= 0.6 is 0 Å². The molecular formula is C8H13NO2. The summed E-state index contributed by atoms with van der Waals surface area (Å²) in [5, 5.41) is 0. The third kappa shape index (κ3) is 6.88. The molecule has 0 saturated carbocycles. The van der Waals surface area contributed by atoms with Gasteiger partial charge in [-0.2, -0.15) is 5.90 Å². The Bertz CT molecular complexity index is 167. The fraction of sp³-hybridized carbons (Fsp3) is 0.625. The molecule has 0 fully saturated rings.